The van der Waals surface area contributed by atoms with Crippen molar-refractivity contribution in [1.82, 2.24) is 4.90 Å². The number of likely N-dealkylation sites (tertiary alicyclic amines) is 1. The van der Waals surface area contributed by atoms with Crippen LogP contribution in [-0.2, 0) is 4.79 Å². The van der Waals surface area contributed by atoms with Crippen molar-refractivity contribution in [3.63, 3.8) is 0 Å². The van der Waals surface area contributed by atoms with E-state index in [-0.39, 0.29) is 29.5 Å². The molecule has 2 rings (SSSR count). The van der Waals surface area contributed by atoms with Gasteiger partial charge in [0.2, 0.25) is 5.91 Å². The summed E-state index contributed by atoms with van der Waals surface area (Å²) in [5, 5.41) is 0. The molecule has 4 nitrogen and oxygen atoms in total. The molecule has 1 saturated heterocycles. The molecule has 2 N–H and O–H groups in total. The Labute approximate surface area is 137 Å². The lowest BCUT2D eigenvalue weighted by Crippen LogP contribution is -2.34. The summed E-state index contributed by atoms with van der Waals surface area (Å²) in [6, 6.07) is 5.89. The number of hydrogen-bond donors (Lipinski definition) is 1. The lowest BCUT2D eigenvalue weighted by molar-refractivity contribution is -0.130. The highest BCUT2D eigenvalue weighted by Gasteiger charge is 2.34. The van der Waals surface area contributed by atoms with Crippen LogP contribution in [0.1, 0.15) is 26.2 Å². The monoisotopic (exact) mass is 330 g/mol. The van der Waals surface area contributed by atoms with E-state index in [1.165, 1.54) is 12.1 Å². The third kappa shape index (κ3) is 5.14. The smallest absolute Gasteiger partial charge is 0.222 e. The number of halogens is 2. The Morgan fingerprint density at radius 3 is 2.68 bits per heavy atom. The Bertz CT molecular complexity index is 484. The predicted molar refractivity (Wildman–Crippen MR) is 86.7 cm³/mol. The molecule has 0 aromatic heterocycles. The molecule has 1 aromatic rings. The summed E-state index contributed by atoms with van der Waals surface area (Å²) in [5.74, 6) is 0.505. The van der Waals surface area contributed by atoms with Crippen LogP contribution in [0.3, 0.4) is 0 Å². The predicted octanol–water partition coefficient (Wildman–Crippen LogP) is 2.60. The second-order valence-electron chi connectivity index (χ2n) is 5.99. The molecule has 1 heterocycles. The normalized spacial score (nSPS) is 20.6. The number of hydrogen-bond acceptors (Lipinski definition) is 3. The van der Waals surface area contributed by atoms with Crippen molar-refractivity contribution in [1.29, 1.82) is 0 Å². The number of amides is 1. The minimum atomic E-state index is -0.283. The van der Waals surface area contributed by atoms with E-state index < -0.39 is 0 Å². The average Bonchev–Trinajstić information content (AvgIpc) is 2.89. The summed E-state index contributed by atoms with van der Waals surface area (Å²) < 4.78 is 18.2. The van der Waals surface area contributed by atoms with Crippen molar-refractivity contribution < 1.29 is 13.9 Å². The van der Waals surface area contributed by atoms with Crippen LogP contribution < -0.4 is 10.5 Å². The standard InChI is InChI=1S/C16H23FN2O2.ClH/c1-16(11-18)8-9-19(12-16)15(20)3-2-10-21-14-6-4-13(17)5-7-14;/h4-7H,2-3,8-12,18H2,1H3;1H. The molecule has 1 aromatic carbocycles. The minimum Gasteiger partial charge on any atom is -0.494 e. The zero-order chi connectivity index (χ0) is 15.3. The maximum absolute atomic E-state index is 12.7. The molecule has 1 unspecified atom stereocenters. The summed E-state index contributed by atoms with van der Waals surface area (Å²) in [6.07, 6.45) is 2.11. The largest absolute Gasteiger partial charge is 0.494 e. The van der Waals surface area contributed by atoms with Crippen molar-refractivity contribution >= 4 is 18.3 Å². The molecule has 0 saturated carbocycles. The summed E-state index contributed by atoms with van der Waals surface area (Å²) in [7, 11) is 0. The van der Waals surface area contributed by atoms with Gasteiger partial charge in [-0.25, -0.2) is 4.39 Å². The van der Waals surface area contributed by atoms with E-state index in [1.807, 2.05) is 4.90 Å². The number of nitrogens with two attached hydrogens (primary N) is 1. The van der Waals surface area contributed by atoms with Crippen LogP contribution in [0, 0.1) is 11.2 Å². The zero-order valence-corrected chi connectivity index (χ0v) is 13.7. The van der Waals surface area contributed by atoms with Crippen LogP contribution in [0.5, 0.6) is 5.75 Å². The highest BCUT2D eigenvalue weighted by Crippen LogP contribution is 2.28. The van der Waals surface area contributed by atoms with Gasteiger partial charge in [0.05, 0.1) is 6.61 Å². The Hall–Kier alpha value is -1.33. The van der Waals surface area contributed by atoms with Crippen LogP contribution in [0.25, 0.3) is 0 Å². The van der Waals surface area contributed by atoms with Gasteiger partial charge in [-0.05, 0) is 49.1 Å². The Kier molecular flexibility index (Phi) is 7.10. The molecule has 6 heteroatoms. The summed E-state index contributed by atoms with van der Waals surface area (Å²) in [4.78, 5) is 14.0. The molecule has 1 amide bonds. The van der Waals surface area contributed by atoms with Crippen LogP contribution in [0.4, 0.5) is 4.39 Å². The van der Waals surface area contributed by atoms with E-state index in [0.29, 0.717) is 31.7 Å². The minimum absolute atomic E-state index is 0. The van der Waals surface area contributed by atoms with E-state index >= 15 is 0 Å². The van der Waals surface area contributed by atoms with Gasteiger partial charge in [0, 0.05) is 19.5 Å². The van der Waals surface area contributed by atoms with Crippen molar-refractivity contribution in [2.45, 2.75) is 26.2 Å². The van der Waals surface area contributed by atoms with Crippen LogP contribution in [0.15, 0.2) is 24.3 Å². The first-order chi connectivity index (χ1) is 10.0. The molecule has 1 aliphatic heterocycles. The zero-order valence-electron chi connectivity index (χ0n) is 12.9. The molecular formula is C16H24ClFN2O2. The lowest BCUT2D eigenvalue weighted by Gasteiger charge is -2.22. The van der Waals surface area contributed by atoms with Gasteiger partial charge in [0.15, 0.2) is 0 Å². The van der Waals surface area contributed by atoms with E-state index in [2.05, 4.69) is 6.92 Å². The van der Waals surface area contributed by atoms with Gasteiger partial charge < -0.3 is 15.4 Å². The second-order valence-corrected chi connectivity index (χ2v) is 5.99. The Morgan fingerprint density at radius 1 is 1.41 bits per heavy atom. The molecular weight excluding hydrogens is 307 g/mol. The molecule has 0 spiro atoms. The Balaban J connectivity index is 0.00000242. The first kappa shape index (κ1) is 18.7. The number of carbonyl (C=O) groups excluding carboxylic acids is 1. The molecule has 0 radical (unpaired) electrons. The fourth-order valence-electron chi connectivity index (χ4n) is 2.51. The van der Waals surface area contributed by atoms with Crippen molar-refractivity contribution in [3.05, 3.63) is 30.1 Å². The third-order valence-electron chi connectivity index (χ3n) is 4.02. The van der Waals surface area contributed by atoms with E-state index in [1.54, 1.807) is 12.1 Å². The summed E-state index contributed by atoms with van der Waals surface area (Å²) in [5.41, 5.74) is 5.81. The van der Waals surface area contributed by atoms with Crippen LogP contribution >= 0.6 is 12.4 Å². The van der Waals surface area contributed by atoms with Crippen LogP contribution in [-0.4, -0.2) is 37.0 Å². The van der Waals surface area contributed by atoms with Gasteiger partial charge in [-0.15, -0.1) is 12.4 Å². The molecule has 124 valence electrons. The van der Waals surface area contributed by atoms with E-state index in [9.17, 15) is 9.18 Å². The van der Waals surface area contributed by atoms with E-state index in [0.717, 1.165) is 19.5 Å². The number of ether oxygens (including phenoxy) is 1. The highest BCUT2D eigenvalue weighted by molar-refractivity contribution is 5.85. The quantitative estimate of drug-likeness (QED) is 0.816. The SMILES string of the molecule is CC1(CN)CCN(C(=O)CCCOc2ccc(F)cc2)C1.Cl. The number of carbonyl (C=O) groups is 1. The van der Waals surface area contributed by atoms with Gasteiger partial charge in [-0.2, -0.15) is 0 Å². The fraction of sp³-hybridized carbons (Fsp3) is 0.562. The Morgan fingerprint density at radius 2 is 2.09 bits per heavy atom. The van der Waals surface area contributed by atoms with Crippen molar-refractivity contribution in [2.24, 2.45) is 11.1 Å². The molecule has 22 heavy (non-hydrogen) atoms. The van der Waals surface area contributed by atoms with Gasteiger partial charge >= 0.3 is 0 Å². The average molecular weight is 331 g/mol. The molecule has 0 aliphatic carbocycles. The van der Waals surface area contributed by atoms with E-state index in [4.69, 9.17) is 10.5 Å². The van der Waals surface area contributed by atoms with Gasteiger partial charge in [0.1, 0.15) is 11.6 Å². The third-order valence-corrected chi connectivity index (χ3v) is 4.02. The van der Waals surface area contributed by atoms with Crippen LogP contribution in [0.2, 0.25) is 0 Å². The number of nitrogens with zero attached hydrogens (tertiary/aromatic N) is 1. The topological polar surface area (TPSA) is 55.6 Å². The van der Waals surface area contributed by atoms with Crippen molar-refractivity contribution in [2.75, 3.05) is 26.2 Å². The first-order valence-electron chi connectivity index (χ1n) is 7.39. The molecule has 1 atom stereocenters. The number of rotatable bonds is 6. The second kappa shape index (κ2) is 8.34. The molecule has 0 bridgehead atoms. The van der Waals surface area contributed by atoms with Gasteiger partial charge in [-0.3, -0.25) is 4.79 Å². The first-order valence-corrected chi connectivity index (χ1v) is 7.39. The number of benzene rings is 1. The maximum atomic E-state index is 12.7. The summed E-state index contributed by atoms with van der Waals surface area (Å²) >= 11 is 0. The maximum Gasteiger partial charge on any atom is 0.222 e. The lowest BCUT2D eigenvalue weighted by atomic mass is 9.90. The van der Waals surface area contributed by atoms with Crippen molar-refractivity contribution in [3.8, 4) is 5.75 Å². The molecule has 1 fully saturated rings. The van der Waals surface area contributed by atoms with Gasteiger partial charge in [0.25, 0.3) is 0 Å². The van der Waals surface area contributed by atoms with Gasteiger partial charge in [-0.1, -0.05) is 6.92 Å². The summed E-state index contributed by atoms with van der Waals surface area (Å²) in [6.45, 7) is 4.74. The fourth-order valence-corrected chi connectivity index (χ4v) is 2.51. The highest BCUT2D eigenvalue weighted by atomic mass is 35.5. The molecule has 1 aliphatic rings.